The molecule has 3 nitrogen and oxygen atoms in total. The molecule has 0 aliphatic heterocycles. The van der Waals surface area contributed by atoms with E-state index in [1.807, 2.05) is 32.1 Å². The summed E-state index contributed by atoms with van der Waals surface area (Å²) in [5.41, 5.74) is 1.22. The second-order valence-corrected chi connectivity index (χ2v) is 3.71. The minimum atomic E-state index is -0.223. The van der Waals surface area contributed by atoms with Crippen LogP contribution in [0.2, 0.25) is 0 Å². The fraction of sp³-hybridized carbons (Fsp3) is 0.417. The molecule has 1 aromatic rings. The van der Waals surface area contributed by atoms with Crippen LogP contribution in [-0.2, 0) is 9.53 Å². The fourth-order valence-electron chi connectivity index (χ4n) is 1.24. The Bertz CT molecular complexity index is 322. The Morgan fingerprint density at radius 1 is 1.19 bits per heavy atom. The minimum Gasteiger partial charge on any atom is -0.494 e. The zero-order valence-electron chi connectivity index (χ0n) is 9.86. The molecule has 0 aliphatic rings. The molecule has 0 atom stereocenters. The Labute approximate surface area is 97.2 Å². The first-order valence-corrected chi connectivity index (χ1v) is 5.51. The van der Waals surface area contributed by atoms with Gasteiger partial charge in [-0.15, -0.1) is 0 Å². The summed E-state index contributed by atoms with van der Waals surface area (Å²) in [5.74, 6) is 0.664. The molecule has 0 spiro atoms. The first kappa shape index (κ1) is 12.6. The number of unbranched alkanes of at least 4 members (excludes halogenated alkanes) is 1. The standard InChI is InChI=1S/C12H17BO3/c1-10(14)15-8-2-3-9-16-12-6-4-11(13)5-7-12/h4-7H,2-3,8-9,13H2,1H3. The number of rotatable bonds is 6. The molecule has 0 saturated heterocycles. The monoisotopic (exact) mass is 220 g/mol. The average Bonchev–Trinajstić information content (AvgIpc) is 2.25. The summed E-state index contributed by atoms with van der Waals surface area (Å²) in [6.45, 7) is 2.56. The van der Waals surface area contributed by atoms with Gasteiger partial charge in [-0.05, 0) is 25.0 Å². The molecule has 86 valence electrons. The molecule has 16 heavy (non-hydrogen) atoms. The highest BCUT2D eigenvalue weighted by molar-refractivity contribution is 6.32. The van der Waals surface area contributed by atoms with Gasteiger partial charge >= 0.3 is 5.97 Å². The second kappa shape index (κ2) is 6.93. The highest BCUT2D eigenvalue weighted by Gasteiger charge is 1.95. The minimum absolute atomic E-state index is 0.223. The van der Waals surface area contributed by atoms with Crippen molar-refractivity contribution in [2.45, 2.75) is 19.8 Å². The summed E-state index contributed by atoms with van der Waals surface area (Å²) in [6, 6.07) is 7.96. The van der Waals surface area contributed by atoms with Crippen molar-refractivity contribution in [1.82, 2.24) is 0 Å². The lowest BCUT2D eigenvalue weighted by Crippen LogP contribution is -2.04. The van der Waals surface area contributed by atoms with Crippen molar-refractivity contribution < 1.29 is 14.3 Å². The van der Waals surface area contributed by atoms with Crippen molar-refractivity contribution in [3.05, 3.63) is 24.3 Å². The van der Waals surface area contributed by atoms with Gasteiger partial charge in [0.2, 0.25) is 0 Å². The van der Waals surface area contributed by atoms with Crippen LogP contribution >= 0.6 is 0 Å². The van der Waals surface area contributed by atoms with E-state index in [1.165, 1.54) is 12.4 Å². The number of carbonyl (C=O) groups is 1. The van der Waals surface area contributed by atoms with Gasteiger partial charge in [-0.25, -0.2) is 0 Å². The Balaban J connectivity index is 2.07. The van der Waals surface area contributed by atoms with Crippen molar-refractivity contribution in [3.63, 3.8) is 0 Å². The maximum absolute atomic E-state index is 10.5. The predicted octanol–water partition coefficient (Wildman–Crippen LogP) is 0.667. The maximum Gasteiger partial charge on any atom is 0.302 e. The van der Waals surface area contributed by atoms with E-state index in [2.05, 4.69) is 0 Å². The molecule has 1 rings (SSSR count). The summed E-state index contributed by atoms with van der Waals surface area (Å²) in [5, 5.41) is 0. The first-order valence-electron chi connectivity index (χ1n) is 5.51. The van der Waals surface area contributed by atoms with E-state index in [1.54, 1.807) is 0 Å². The summed E-state index contributed by atoms with van der Waals surface area (Å²) in [6.07, 6.45) is 1.73. The zero-order valence-corrected chi connectivity index (χ0v) is 9.86. The van der Waals surface area contributed by atoms with E-state index in [0.717, 1.165) is 18.6 Å². The Kier molecular flexibility index (Phi) is 5.47. The van der Waals surface area contributed by atoms with E-state index >= 15 is 0 Å². The van der Waals surface area contributed by atoms with E-state index in [-0.39, 0.29) is 5.97 Å². The summed E-state index contributed by atoms with van der Waals surface area (Å²) < 4.78 is 10.3. The van der Waals surface area contributed by atoms with Gasteiger partial charge in [0.15, 0.2) is 0 Å². The van der Waals surface area contributed by atoms with E-state index in [0.29, 0.717) is 13.2 Å². The van der Waals surface area contributed by atoms with Crippen LogP contribution in [0.4, 0.5) is 0 Å². The molecule has 0 amide bonds. The Morgan fingerprint density at radius 2 is 1.81 bits per heavy atom. The smallest absolute Gasteiger partial charge is 0.302 e. The topological polar surface area (TPSA) is 35.5 Å². The van der Waals surface area contributed by atoms with Crippen molar-refractivity contribution in [1.29, 1.82) is 0 Å². The molecular weight excluding hydrogens is 203 g/mol. The van der Waals surface area contributed by atoms with Crippen LogP contribution in [0.15, 0.2) is 24.3 Å². The third-order valence-electron chi connectivity index (χ3n) is 2.13. The van der Waals surface area contributed by atoms with Crippen molar-refractivity contribution in [2.24, 2.45) is 0 Å². The number of benzene rings is 1. The van der Waals surface area contributed by atoms with Gasteiger partial charge in [-0.3, -0.25) is 4.79 Å². The van der Waals surface area contributed by atoms with Gasteiger partial charge in [-0.1, -0.05) is 17.6 Å². The molecule has 1 aromatic carbocycles. The van der Waals surface area contributed by atoms with Gasteiger partial charge in [0.1, 0.15) is 13.6 Å². The summed E-state index contributed by atoms with van der Waals surface area (Å²) >= 11 is 0. The summed E-state index contributed by atoms with van der Waals surface area (Å²) in [4.78, 5) is 10.5. The normalized spacial score (nSPS) is 9.81. The molecule has 0 aliphatic carbocycles. The number of hydrogen-bond donors (Lipinski definition) is 0. The lowest BCUT2D eigenvalue weighted by Gasteiger charge is -2.06. The third-order valence-corrected chi connectivity index (χ3v) is 2.13. The highest BCUT2D eigenvalue weighted by atomic mass is 16.5. The van der Waals surface area contributed by atoms with Crippen LogP contribution in [0.5, 0.6) is 5.75 Å². The van der Waals surface area contributed by atoms with Crippen molar-refractivity contribution >= 4 is 19.3 Å². The lowest BCUT2D eigenvalue weighted by atomic mass is 9.97. The van der Waals surface area contributed by atoms with Crippen LogP contribution in [0.25, 0.3) is 0 Å². The lowest BCUT2D eigenvalue weighted by molar-refractivity contribution is -0.141. The highest BCUT2D eigenvalue weighted by Crippen LogP contribution is 2.07. The van der Waals surface area contributed by atoms with Crippen molar-refractivity contribution in [2.75, 3.05) is 13.2 Å². The molecule has 0 radical (unpaired) electrons. The average molecular weight is 220 g/mol. The van der Waals surface area contributed by atoms with Crippen LogP contribution < -0.4 is 10.2 Å². The van der Waals surface area contributed by atoms with Gasteiger partial charge in [0.05, 0.1) is 13.2 Å². The molecular formula is C12H17BO3. The zero-order chi connectivity index (χ0) is 11.8. The van der Waals surface area contributed by atoms with Gasteiger partial charge in [-0.2, -0.15) is 0 Å². The number of hydrogen-bond acceptors (Lipinski definition) is 3. The molecule has 0 unspecified atom stereocenters. The van der Waals surface area contributed by atoms with Crippen LogP contribution in [0.1, 0.15) is 19.8 Å². The maximum atomic E-state index is 10.5. The van der Waals surface area contributed by atoms with Gasteiger partial charge in [0.25, 0.3) is 0 Å². The molecule has 0 heterocycles. The molecule has 0 fully saturated rings. The van der Waals surface area contributed by atoms with Crippen molar-refractivity contribution in [3.8, 4) is 5.75 Å². The Morgan fingerprint density at radius 3 is 2.44 bits per heavy atom. The quantitative estimate of drug-likeness (QED) is 0.401. The first-order chi connectivity index (χ1) is 7.68. The fourth-order valence-corrected chi connectivity index (χ4v) is 1.24. The molecule has 0 aromatic heterocycles. The van der Waals surface area contributed by atoms with Crippen LogP contribution in [0, 0.1) is 0 Å². The summed E-state index contributed by atoms with van der Waals surface area (Å²) in [7, 11) is 2.04. The molecule has 4 heteroatoms. The largest absolute Gasteiger partial charge is 0.494 e. The van der Waals surface area contributed by atoms with Gasteiger partial charge in [0, 0.05) is 6.92 Å². The molecule has 0 saturated carbocycles. The van der Waals surface area contributed by atoms with E-state index in [9.17, 15) is 4.79 Å². The van der Waals surface area contributed by atoms with E-state index < -0.39 is 0 Å². The van der Waals surface area contributed by atoms with Crippen LogP contribution in [-0.4, -0.2) is 27.0 Å². The third kappa shape index (κ3) is 5.44. The Hall–Kier alpha value is -1.45. The molecule has 0 bridgehead atoms. The van der Waals surface area contributed by atoms with Crippen LogP contribution in [0.3, 0.4) is 0 Å². The predicted molar refractivity (Wildman–Crippen MR) is 66.0 cm³/mol. The number of carbonyl (C=O) groups excluding carboxylic acids is 1. The van der Waals surface area contributed by atoms with Gasteiger partial charge < -0.3 is 9.47 Å². The second-order valence-electron chi connectivity index (χ2n) is 3.71. The SMILES string of the molecule is Bc1ccc(OCCCCOC(C)=O)cc1. The number of ether oxygens (including phenoxy) is 2. The van der Waals surface area contributed by atoms with E-state index in [4.69, 9.17) is 9.47 Å². The molecule has 0 N–H and O–H groups in total. The number of esters is 1.